The average molecular weight is 428 g/mol. The Morgan fingerprint density at radius 3 is 2.16 bits per heavy atom. The zero-order valence-corrected chi connectivity index (χ0v) is 19.1. The summed E-state index contributed by atoms with van der Waals surface area (Å²) in [7, 11) is 0. The largest absolute Gasteiger partial charge is 0.465 e. The minimum Gasteiger partial charge on any atom is -0.465 e. The number of hydrogen-bond donors (Lipinski definition) is 2. The number of nitrogens with zero attached hydrogens (tertiary/aromatic N) is 4. The van der Waals surface area contributed by atoms with E-state index in [1.165, 1.54) is 11.2 Å². The fraction of sp³-hybridized carbons (Fsp3) is 0.478. The summed E-state index contributed by atoms with van der Waals surface area (Å²) in [6.45, 7) is 11.8. The molecule has 168 valence electrons. The molecule has 2 aromatic rings. The summed E-state index contributed by atoms with van der Waals surface area (Å²) in [5.41, 5.74) is 1.25. The highest BCUT2D eigenvalue weighted by atomic mass is 16.4. The van der Waals surface area contributed by atoms with Gasteiger partial charge < -0.3 is 15.3 Å². The molecular weight excluding hydrogens is 394 g/mol. The molecule has 0 aliphatic carbocycles. The first-order valence-corrected chi connectivity index (χ1v) is 10.6. The molecule has 0 spiro atoms. The molecule has 1 aromatic carbocycles. The maximum Gasteiger partial charge on any atom is 0.408 e. The molecule has 0 saturated carbocycles. The standard InChI is InChI=1S/C23H33N5O3/c1-6-12-27(13-7-2)20-14-19(24-16-25-20)21(29)26-18-10-8-17(9-11-18)15-28(22(30)31)23(3,4)5/h8-11,14,16H,6-7,12-13,15H2,1-5H3,(H,26,29)(H,30,31). The molecule has 1 aromatic heterocycles. The van der Waals surface area contributed by atoms with Gasteiger partial charge in [-0.25, -0.2) is 14.8 Å². The van der Waals surface area contributed by atoms with Crippen LogP contribution in [-0.4, -0.2) is 50.6 Å². The van der Waals surface area contributed by atoms with Gasteiger partial charge in [0.1, 0.15) is 17.8 Å². The second kappa shape index (κ2) is 10.7. The molecule has 0 radical (unpaired) electrons. The van der Waals surface area contributed by atoms with Gasteiger partial charge >= 0.3 is 6.09 Å². The van der Waals surface area contributed by atoms with Crippen LogP contribution in [0, 0.1) is 0 Å². The van der Waals surface area contributed by atoms with E-state index in [1.54, 1.807) is 18.2 Å². The predicted octanol–water partition coefficient (Wildman–Crippen LogP) is 4.63. The van der Waals surface area contributed by atoms with Crippen molar-refractivity contribution >= 4 is 23.5 Å². The molecule has 0 aliphatic rings. The number of rotatable bonds is 9. The van der Waals surface area contributed by atoms with E-state index in [2.05, 4.69) is 34.0 Å². The van der Waals surface area contributed by atoms with Gasteiger partial charge in [-0.1, -0.05) is 26.0 Å². The number of hydrogen-bond acceptors (Lipinski definition) is 5. The van der Waals surface area contributed by atoms with Crippen LogP contribution in [0.4, 0.5) is 16.3 Å². The van der Waals surface area contributed by atoms with Gasteiger partial charge in [0, 0.05) is 36.9 Å². The quantitative estimate of drug-likeness (QED) is 0.605. The Morgan fingerprint density at radius 1 is 1.03 bits per heavy atom. The van der Waals surface area contributed by atoms with Crippen molar-refractivity contribution in [3.8, 4) is 0 Å². The lowest BCUT2D eigenvalue weighted by molar-refractivity contribution is 0.0954. The first-order chi connectivity index (χ1) is 14.7. The molecule has 8 heteroatoms. The fourth-order valence-corrected chi connectivity index (χ4v) is 3.19. The van der Waals surface area contributed by atoms with Crippen molar-refractivity contribution in [1.82, 2.24) is 14.9 Å². The third-order valence-corrected chi connectivity index (χ3v) is 4.79. The molecule has 0 bridgehead atoms. The van der Waals surface area contributed by atoms with Crippen LogP contribution in [0.1, 0.15) is 63.5 Å². The maximum atomic E-state index is 12.7. The van der Waals surface area contributed by atoms with Gasteiger partial charge in [0.05, 0.1) is 0 Å². The summed E-state index contributed by atoms with van der Waals surface area (Å²) >= 11 is 0. The van der Waals surface area contributed by atoms with Gasteiger partial charge in [0.2, 0.25) is 0 Å². The van der Waals surface area contributed by atoms with E-state index >= 15 is 0 Å². The van der Waals surface area contributed by atoms with Gasteiger partial charge in [-0.05, 0) is 51.3 Å². The Hall–Kier alpha value is -3.16. The molecular formula is C23H33N5O3. The third-order valence-electron chi connectivity index (χ3n) is 4.79. The summed E-state index contributed by atoms with van der Waals surface area (Å²) in [5.74, 6) is 0.432. The molecule has 0 aliphatic heterocycles. The lowest BCUT2D eigenvalue weighted by atomic mass is 10.1. The van der Waals surface area contributed by atoms with Crippen LogP contribution in [0.5, 0.6) is 0 Å². The van der Waals surface area contributed by atoms with Crippen molar-refractivity contribution in [3.05, 3.63) is 47.9 Å². The Morgan fingerprint density at radius 2 is 1.65 bits per heavy atom. The maximum absolute atomic E-state index is 12.7. The van der Waals surface area contributed by atoms with Crippen LogP contribution in [0.25, 0.3) is 0 Å². The monoisotopic (exact) mass is 427 g/mol. The number of anilines is 2. The molecule has 2 amide bonds. The highest BCUT2D eigenvalue weighted by Gasteiger charge is 2.26. The second-order valence-corrected chi connectivity index (χ2v) is 8.44. The highest BCUT2D eigenvalue weighted by Crippen LogP contribution is 2.19. The molecule has 8 nitrogen and oxygen atoms in total. The fourth-order valence-electron chi connectivity index (χ4n) is 3.19. The number of amides is 2. The lowest BCUT2D eigenvalue weighted by Gasteiger charge is -2.33. The molecule has 2 rings (SSSR count). The van der Waals surface area contributed by atoms with Crippen LogP contribution < -0.4 is 10.2 Å². The number of carbonyl (C=O) groups is 2. The average Bonchev–Trinajstić information content (AvgIpc) is 2.72. The predicted molar refractivity (Wildman–Crippen MR) is 123 cm³/mol. The molecule has 1 heterocycles. The molecule has 0 saturated heterocycles. The van der Waals surface area contributed by atoms with Crippen LogP contribution in [-0.2, 0) is 6.54 Å². The molecule has 2 N–H and O–H groups in total. The van der Waals surface area contributed by atoms with Crippen LogP contribution >= 0.6 is 0 Å². The summed E-state index contributed by atoms with van der Waals surface area (Å²) in [5, 5.41) is 12.3. The van der Waals surface area contributed by atoms with E-state index in [4.69, 9.17) is 0 Å². The summed E-state index contributed by atoms with van der Waals surface area (Å²) in [4.78, 5) is 36.2. The normalized spacial score (nSPS) is 11.1. The molecule has 0 atom stereocenters. The first-order valence-electron chi connectivity index (χ1n) is 10.6. The number of carboxylic acid groups (broad SMARTS) is 1. The SMILES string of the molecule is CCCN(CCC)c1cc(C(=O)Nc2ccc(CN(C(=O)O)C(C)(C)C)cc2)ncn1. The summed E-state index contributed by atoms with van der Waals surface area (Å²) < 4.78 is 0. The second-order valence-electron chi connectivity index (χ2n) is 8.44. The van der Waals surface area contributed by atoms with E-state index in [9.17, 15) is 14.7 Å². The van der Waals surface area contributed by atoms with Gasteiger partial charge in [-0.15, -0.1) is 0 Å². The minimum absolute atomic E-state index is 0.271. The minimum atomic E-state index is -0.968. The Kier molecular flexibility index (Phi) is 8.36. The van der Waals surface area contributed by atoms with E-state index in [1.807, 2.05) is 32.9 Å². The molecule has 0 unspecified atom stereocenters. The number of carbonyl (C=O) groups excluding carboxylic acids is 1. The topological polar surface area (TPSA) is 98.7 Å². The van der Waals surface area contributed by atoms with Crippen LogP contribution in [0.15, 0.2) is 36.7 Å². The van der Waals surface area contributed by atoms with E-state index in [0.717, 1.165) is 37.3 Å². The summed E-state index contributed by atoms with van der Waals surface area (Å²) in [6, 6.07) is 8.86. The van der Waals surface area contributed by atoms with Crippen molar-refractivity contribution in [2.75, 3.05) is 23.3 Å². The van der Waals surface area contributed by atoms with Crippen molar-refractivity contribution in [1.29, 1.82) is 0 Å². The Bertz CT molecular complexity index is 872. The van der Waals surface area contributed by atoms with Crippen LogP contribution in [0.2, 0.25) is 0 Å². The smallest absolute Gasteiger partial charge is 0.408 e. The van der Waals surface area contributed by atoms with Crippen molar-refractivity contribution in [2.45, 2.75) is 59.5 Å². The van der Waals surface area contributed by atoms with Gasteiger partial charge in [-0.3, -0.25) is 9.69 Å². The number of nitrogens with one attached hydrogen (secondary N) is 1. The summed E-state index contributed by atoms with van der Waals surface area (Å²) in [6.07, 6.45) is 2.43. The van der Waals surface area contributed by atoms with Crippen molar-refractivity contribution < 1.29 is 14.7 Å². The molecule has 31 heavy (non-hydrogen) atoms. The molecule has 0 fully saturated rings. The van der Waals surface area contributed by atoms with E-state index in [0.29, 0.717) is 11.4 Å². The van der Waals surface area contributed by atoms with Crippen molar-refractivity contribution in [2.24, 2.45) is 0 Å². The van der Waals surface area contributed by atoms with E-state index in [-0.39, 0.29) is 12.5 Å². The lowest BCUT2D eigenvalue weighted by Crippen LogP contribution is -2.44. The van der Waals surface area contributed by atoms with Gasteiger partial charge in [-0.2, -0.15) is 0 Å². The highest BCUT2D eigenvalue weighted by molar-refractivity contribution is 6.03. The Labute approximate surface area is 184 Å². The zero-order valence-electron chi connectivity index (χ0n) is 19.1. The third kappa shape index (κ3) is 6.94. The van der Waals surface area contributed by atoms with Gasteiger partial charge in [0.15, 0.2) is 0 Å². The number of benzene rings is 1. The first kappa shape index (κ1) is 24.1. The van der Waals surface area contributed by atoms with Gasteiger partial charge in [0.25, 0.3) is 5.91 Å². The Balaban J connectivity index is 2.09. The van der Waals surface area contributed by atoms with E-state index < -0.39 is 11.6 Å². The van der Waals surface area contributed by atoms with Crippen molar-refractivity contribution in [3.63, 3.8) is 0 Å². The zero-order chi connectivity index (χ0) is 23.0. The van der Waals surface area contributed by atoms with Crippen LogP contribution in [0.3, 0.4) is 0 Å². The number of aromatic nitrogens is 2.